The Morgan fingerprint density at radius 1 is 1.05 bits per heavy atom. The van der Waals surface area contributed by atoms with Crippen molar-refractivity contribution in [3.8, 4) is 17.3 Å². The van der Waals surface area contributed by atoms with Gasteiger partial charge in [-0.1, -0.05) is 0 Å². The molecule has 0 aliphatic rings. The molecule has 1 N–H and O–H groups in total. The highest BCUT2D eigenvalue weighted by atomic mass is 19.1. The molecule has 3 aromatic heterocycles. The molecular formula is C26H20F2N6O4. The standard InChI is InChI=1S/C26H20F2N6O4/c1-14-22(26(37)34(32(14)3)18-7-4-16(27)5-8-18)24(36)31-17-6-9-21(20(28)12-17)38-25-23-19(15(2)35)10-11-33(23)30-13-29-25/h4-13H,1-3H3,(H,31,36). The van der Waals surface area contributed by atoms with Crippen molar-refractivity contribution in [2.75, 3.05) is 5.32 Å². The van der Waals surface area contributed by atoms with Crippen LogP contribution in [0.4, 0.5) is 14.5 Å². The van der Waals surface area contributed by atoms with E-state index in [-0.39, 0.29) is 34.2 Å². The van der Waals surface area contributed by atoms with Gasteiger partial charge >= 0.3 is 0 Å². The number of aromatic nitrogens is 5. The first-order valence-corrected chi connectivity index (χ1v) is 11.3. The second-order valence-corrected chi connectivity index (χ2v) is 8.42. The molecule has 192 valence electrons. The summed E-state index contributed by atoms with van der Waals surface area (Å²) in [5.74, 6) is -2.48. The van der Waals surface area contributed by atoms with Gasteiger partial charge in [0.2, 0.25) is 5.88 Å². The van der Waals surface area contributed by atoms with Crippen LogP contribution in [-0.2, 0) is 7.05 Å². The zero-order chi connectivity index (χ0) is 27.1. The van der Waals surface area contributed by atoms with Crippen LogP contribution in [0.2, 0.25) is 0 Å². The summed E-state index contributed by atoms with van der Waals surface area (Å²) in [6, 6.07) is 10.5. The van der Waals surface area contributed by atoms with Crippen LogP contribution in [0, 0.1) is 18.6 Å². The van der Waals surface area contributed by atoms with E-state index >= 15 is 0 Å². The summed E-state index contributed by atoms with van der Waals surface area (Å²) < 4.78 is 38.0. The van der Waals surface area contributed by atoms with Gasteiger partial charge in [-0.2, -0.15) is 10.1 Å². The smallest absolute Gasteiger partial charge is 0.284 e. The topological polar surface area (TPSA) is 113 Å². The minimum Gasteiger partial charge on any atom is -0.434 e. The number of hydrogen-bond donors (Lipinski definition) is 1. The summed E-state index contributed by atoms with van der Waals surface area (Å²) in [7, 11) is 1.59. The van der Waals surface area contributed by atoms with Crippen LogP contribution in [0.3, 0.4) is 0 Å². The van der Waals surface area contributed by atoms with Gasteiger partial charge in [-0.3, -0.25) is 19.1 Å². The molecule has 0 fully saturated rings. The maximum Gasteiger partial charge on any atom is 0.284 e. The summed E-state index contributed by atoms with van der Waals surface area (Å²) in [5.41, 5.74) is 0.655. The minimum atomic E-state index is -0.816. The van der Waals surface area contributed by atoms with E-state index in [2.05, 4.69) is 15.4 Å². The normalized spacial score (nSPS) is 11.1. The lowest BCUT2D eigenvalue weighted by atomic mass is 10.2. The van der Waals surface area contributed by atoms with Gasteiger partial charge in [-0.15, -0.1) is 0 Å². The fourth-order valence-electron chi connectivity index (χ4n) is 4.09. The first-order valence-electron chi connectivity index (χ1n) is 11.3. The van der Waals surface area contributed by atoms with Crippen molar-refractivity contribution in [3.05, 3.63) is 99.9 Å². The molecule has 0 atom stereocenters. The number of anilines is 1. The molecule has 12 heteroatoms. The fourth-order valence-corrected chi connectivity index (χ4v) is 4.09. The Morgan fingerprint density at radius 2 is 1.79 bits per heavy atom. The van der Waals surface area contributed by atoms with Crippen LogP contribution in [0.5, 0.6) is 11.6 Å². The number of carbonyl (C=O) groups excluding carboxylic acids is 2. The summed E-state index contributed by atoms with van der Waals surface area (Å²) >= 11 is 0. The molecule has 5 aromatic rings. The molecule has 38 heavy (non-hydrogen) atoms. The van der Waals surface area contributed by atoms with Crippen molar-refractivity contribution >= 4 is 22.9 Å². The number of ether oxygens (including phenoxy) is 1. The number of carbonyl (C=O) groups is 2. The molecule has 5 rings (SSSR count). The SMILES string of the molecule is CC(=O)c1ccn2ncnc(Oc3ccc(NC(=O)c4c(C)n(C)n(-c5ccc(F)cc5)c4=O)cc3F)c12. The van der Waals surface area contributed by atoms with E-state index in [4.69, 9.17) is 4.74 Å². The molecule has 1 amide bonds. The lowest BCUT2D eigenvalue weighted by molar-refractivity contribution is 0.101. The number of rotatable bonds is 6. The maximum atomic E-state index is 15.0. The summed E-state index contributed by atoms with van der Waals surface area (Å²) in [5, 5.41) is 6.54. The van der Waals surface area contributed by atoms with Gasteiger partial charge < -0.3 is 10.1 Å². The quantitative estimate of drug-likeness (QED) is 0.340. The summed E-state index contributed by atoms with van der Waals surface area (Å²) in [6.45, 7) is 2.97. The van der Waals surface area contributed by atoms with Crippen LogP contribution < -0.4 is 15.6 Å². The Morgan fingerprint density at radius 3 is 2.47 bits per heavy atom. The highest BCUT2D eigenvalue weighted by molar-refractivity contribution is 6.05. The van der Waals surface area contributed by atoms with Crippen LogP contribution in [-0.4, -0.2) is 35.7 Å². The second kappa shape index (κ2) is 9.39. The Bertz CT molecular complexity index is 1790. The maximum absolute atomic E-state index is 15.0. The van der Waals surface area contributed by atoms with E-state index in [1.54, 1.807) is 26.2 Å². The molecular weight excluding hydrogens is 498 g/mol. The number of Topliss-reactive ketones (excluding diaryl/α,β-unsaturated/α-hetero) is 1. The summed E-state index contributed by atoms with van der Waals surface area (Å²) in [6.07, 6.45) is 2.77. The van der Waals surface area contributed by atoms with E-state index in [0.29, 0.717) is 16.9 Å². The first-order chi connectivity index (χ1) is 18.2. The fraction of sp³-hybridized carbons (Fsp3) is 0.115. The third-order valence-corrected chi connectivity index (χ3v) is 6.05. The largest absolute Gasteiger partial charge is 0.434 e. The number of hydrogen-bond acceptors (Lipinski definition) is 6. The second-order valence-electron chi connectivity index (χ2n) is 8.42. The molecule has 0 spiro atoms. The Hall–Kier alpha value is -5.13. The van der Waals surface area contributed by atoms with E-state index < -0.39 is 23.1 Å². The molecule has 0 bridgehead atoms. The molecule has 2 aromatic carbocycles. The molecule has 0 saturated heterocycles. The van der Waals surface area contributed by atoms with Crippen molar-refractivity contribution in [1.29, 1.82) is 0 Å². The number of ketones is 1. The Balaban J connectivity index is 1.41. The van der Waals surface area contributed by atoms with Gasteiger partial charge in [0.25, 0.3) is 11.5 Å². The monoisotopic (exact) mass is 518 g/mol. The minimum absolute atomic E-state index is 0.0212. The van der Waals surface area contributed by atoms with Crippen molar-refractivity contribution in [1.82, 2.24) is 24.0 Å². The number of amides is 1. The third-order valence-electron chi connectivity index (χ3n) is 6.05. The first kappa shape index (κ1) is 24.6. The van der Waals surface area contributed by atoms with Crippen LogP contribution in [0.15, 0.2) is 65.8 Å². The zero-order valence-electron chi connectivity index (χ0n) is 20.4. The molecule has 10 nitrogen and oxygen atoms in total. The lowest BCUT2D eigenvalue weighted by Crippen LogP contribution is -2.25. The van der Waals surface area contributed by atoms with Crippen molar-refractivity contribution in [3.63, 3.8) is 0 Å². The Labute approximate surface area is 213 Å². The summed E-state index contributed by atoms with van der Waals surface area (Å²) in [4.78, 5) is 42.0. The van der Waals surface area contributed by atoms with E-state index in [1.807, 2.05) is 0 Å². The van der Waals surface area contributed by atoms with Gasteiger partial charge in [0.05, 0.1) is 16.9 Å². The van der Waals surface area contributed by atoms with Crippen LogP contribution >= 0.6 is 0 Å². The van der Waals surface area contributed by atoms with Crippen molar-refractivity contribution < 1.29 is 23.1 Å². The molecule has 0 unspecified atom stereocenters. The zero-order valence-corrected chi connectivity index (χ0v) is 20.4. The number of fused-ring (bicyclic) bond motifs is 1. The van der Waals surface area contributed by atoms with Gasteiger partial charge in [0.15, 0.2) is 17.3 Å². The number of nitrogens with one attached hydrogen (secondary N) is 1. The molecule has 0 radical (unpaired) electrons. The predicted molar refractivity (Wildman–Crippen MR) is 133 cm³/mol. The van der Waals surface area contributed by atoms with Gasteiger partial charge in [-0.25, -0.2) is 18.0 Å². The van der Waals surface area contributed by atoms with Gasteiger partial charge in [0.1, 0.15) is 23.2 Å². The van der Waals surface area contributed by atoms with E-state index in [9.17, 15) is 23.2 Å². The van der Waals surface area contributed by atoms with Crippen molar-refractivity contribution in [2.45, 2.75) is 13.8 Å². The number of benzene rings is 2. The van der Waals surface area contributed by atoms with E-state index in [1.165, 1.54) is 63.5 Å². The molecule has 3 heterocycles. The van der Waals surface area contributed by atoms with Crippen LogP contribution in [0.25, 0.3) is 11.2 Å². The third kappa shape index (κ3) is 4.21. The van der Waals surface area contributed by atoms with Crippen LogP contribution in [0.1, 0.15) is 33.3 Å². The van der Waals surface area contributed by atoms with Crippen molar-refractivity contribution in [2.24, 2.45) is 7.05 Å². The predicted octanol–water partition coefficient (Wildman–Crippen LogP) is 4.05. The average Bonchev–Trinajstić information content (AvgIpc) is 3.41. The lowest BCUT2D eigenvalue weighted by Gasteiger charge is -2.10. The number of halogens is 2. The molecule has 0 aliphatic heterocycles. The average molecular weight is 518 g/mol. The Kier molecular flexibility index (Phi) is 6.07. The van der Waals surface area contributed by atoms with E-state index in [0.717, 1.165) is 6.07 Å². The highest BCUT2D eigenvalue weighted by Crippen LogP contribution is 2.30. The highest BCUT2D eigenvalue weighted by Gasteiger charge is 2.23. The molecule has 0 saturated carbocycles. The number of nitrogens with zero attached hydrogens (tertiary/aromatic N) is 5. The molecule has 0 aliphatic carbocycles. The van der Waals surface area contributed by atoms with Gasteiger partial charge in [0, 0.05) is 25.0 Å². The van der Waals surface area contributed by atoms with Gasteiger partial charge in [-0.05, 0) is 56.3 Å².